The van der Waals surface area contributed by atoms with Crippen LogP contribution in [0.4, 0.5) is 0 Å². The second-order valence-corrected chi connectivity index (χ2v) is 3.70. The largest absolute Gasteiger partial charge is 0.0877 e. The van der Waals surface area contributed by atoms with Gasteiger partial charge in [0.2, 0.25) is 0 Å². The molecule has 0 radical (unpaired) electrons. The molecule has 1 aliphatic rings. The number of hydrogen-bond donors (Lipinski definition) is 0. The van der Waals surface area contributed by atoms with Crippen LogP contribution in [-0.4, -0.2) is 0 Å². The van der Waals surface area contributed by atoms with Crippen molar-refractivity contribution in [3.8, 4) is 0 Å². The summed E-state index contributed by atoms with van der Waals surface area (Å²) in [7, 11) is 0. The van der Waals surface area contributed by atoms with Gasteiger partial charge in [0.15, 0.2) is 0 Å². The molecule has 0 bridgehead atoms. The third-order valence-electron chi connectivity index (χ3n) is 2.36. The average Bonchev–Trinajstić information content (AvgIpc) is 2.40. The summed E-state index contributed by atoms with van der Waals surface area (Å²) in [6.07, 6.45) is 20.9. The molecule has 0 saturated carbocycles. The maximum absolute atomic E-state index is 2.34. The zero-order chi connectivity index (χ0) is 12.9. The Hall–Kier alpha value is -1.30. The first-order valence-corrected chi connectivity index (χ1v) is 6.67. The molecule has 0 fully saturated rings. The van der Waals surface area contributed by atoms with Gasteiger partial charge in [-0.15, -0.1) is 0 Å². The molecule has 0 aromatic carbocycles. The Kier molecular flexibility index (Phi) is 10.3. The third kappa shape index (κ3) is 7.57. The predicted octanol–water partition coefficient (Wildman–Crippen LogP) is 5.76. The lowest BCUT2D eigenvalue weighted by atomic mass is 9.99. The first-order valence-electron chi connectivity index (χ1n) is 6.67. The van der Waals surface area contributed by atoms with Crippen molar-refractivity contribution in [2.24, 2.45) is 0 Å². The molecular formula is C17H26. The van der Waals surface area contributed by atoms with Crippen molar-refractivity contribution >= 4 is 0 Å². The van der Waals surface area contributed by atoms with Gasteiger partial charge in [0, 0.05) is 0 Å². The second kappa shape index (κ2) is 11.2. The molecule has 0 amide bonds. The van der Waals surface area contributed by atoms with E-state index in [1.807, 2.05) is 20.8 Å². The fraction of sp³-hybridized carbons (Fsp3) is 0.412. The van der Waals surface area contributed by atoms with Crippen LogP contribution in [0.5, 0.6) is 0 Å². The standard InChI is InChI=1S/C15H20.C2H6/c1-3-5-10-14(9-4-2)13-15-11-7-6-8-12-15;1-2/h3-5,7,9-12H,6,8,13H2,1-2H3;1-2H3/b5-3-,9-4-,14-10+;. The number of rotatable bonds is 4. The van der Waals surface area contributed by atoms with E-state index in [0.717, 1.165) is 6.42 Å². The molecule has 0 aromatic heterocycles. The van der Waals surface area contributed by atoms with Gasteiger partial charge in [0.25, 0.3) is 0 Å². The van der Waals surface area contributed by atoms with Crippen molar-refractivity contribution in [1.29, 1.82) is 0 Å². The van der Waals surface area contributed by atoms with Crippen LogP contribution in [0, 0.1) is 0 Å². The summed E-state index contributed by atoms with van der Waals surface area (Å²) in [5.74, 6) is 0. The molecule has 0 heterocycles. The Balaban J connectivity index is 0.00000121. The van der Waals surface area contributed by atoms with Crippen LogP contribution in [0.2, 0.25) is 0 Å². The molecule has 0 unspecified atom stereocenters. The van der Waals surface area contributed by atoms with Gasteiger partial charge >= 0.3 is 0 Å². The zero-order valence-corrected chi connectivity index (χ0v) is 11.7. The molecule has 1 aliphatic carbocycles. The second-order valence-electron chi connectivity index (χ2n) is 3.70. The van der Waals surface area contributed by atoms with E-state index in [4.69, 9.17) is 0 Å². The van der Waals surface area contributed by atoms with E-state index in [0.29, 0.717) is 0 Å². The number of hydrogen-bond acceptors (Lipinski definition) is 0. The molecule has 0 heteroatoms. The van der Waals surface area contributed by atoms with Crippen molar-refractivity contribution in [1.82, 2.24) is 0 Å². The van der Waals surface area contributed by atoms with Crippen LogP contribution in [0.1, 0.15) is 47.0 Å². The van der Waals surface area contributed by atoms with E-state index in [-0.39, 0.29) is 0 Å². The van der Waals surface area contributed by atoms with Crippen LogP contribution >= 0.6 is 0 Å². The van der Waals surface area contributed by atoms with Crippen LogP contribution in [0.3, 0.4) is 0 Å². The first-order chi connectivity index (χ1) is 8.36. The maximum Gasteiger partial charge on any atom is -0.00292 e. The van der Waals surface area contributed by atoms with E-state index in [2.05, 4.69) is 55.5 Å². The predicted molar refractivity (Wildman–Crippen MR) is 80.1 cm³/mol. The van der Waals surface area contributed by atoms with E-state index in [1.54, 1.807) is 0 Å². The lowest BCUT2D eigenvalue weighted by Gasteiger charge is -2.07. The normalized spacial score (nSPS) is 16.0. The lowest BCUT2D eigenvalue weighted by Crippen LogP contribution is -1.87. The topological polar surface area (TPSA) is 0 Å². The Bertz CT molecular complexity index is 322. The molecule has 94 valence electrons. The van der Waals surface area contributed by atoms with E-state index in [9.17, 15) is 0 Å². The van der Waals surface area contributed by atoms with Gasteiger partial charge in [0.05, 0.1) is 0 Å². The van der Waals surface area contributed by atoms with Crippen LogP contribution in [0.25, 0.3) is 0 Å². The molecule has 17 heavy (non-hydrogen) atoms. The van der Waals surface area contributed by atoms with Crippen molar-refractivity contribution in [3.05, 3.63) is 59.8 Å². The molecule has 0 atom stereocenters. The molecule has 0 spiro atoms. The highest BCUT2D eigenvalue weighted by atomic mass is 14.0. The molecular weight excluding hydrogens is 204 g/mol. The number of allylic oxidation sites excluding steroid dienone is 10. The van der Waals surface area contributed by atoms with E-state index >= 15 is 0 Å². The molecule has 0 N–H and O–H groups in total. The minimum Gasteiger partial charge on any atom is -0.0877 e. The highest BCUT2D eigenvalue weighted by Crippen LogP contribution is 2.18. The molecule has 0 saturated heterocycles. The highest BCUT2D eigenvalue weighted by Gasteiger charge is 1.99. The van der Waals surface area contributed by atoms with E-state index < -0.39 is 0 Å². The summed E-state index contributed by atoms with van der Waals surface area (Å²) in [6, 6.07) is 0. The van der Waals surface area contributed by atoms with Gasteiger partial charge < -0.3 is 0 Å². The van der Waals surface area contributed by atoms with Gasteiger partial charge in [-0.1, -0.05) is 62.5 Å². The van der Waals surface area contributed by atoms with Crippen molar-refractivity contribution in [2.75, 3.05) is 0 Å². The van der Waals surface area contributed by atoms with Gasteiger partial charge in [0.1, 0.15) is 0 Å². The van der Waals surface area contributed by atoms with Crippen molar-refractivity contribution < 1.29 is 0 Å². The minimum absolute atomic E-state index is 1.05. The van der Waals surface area contributed by atoms with Gasteiger partial charge in [-0.2, -0.15) is 0 Å². The molecule has 1 rings (SSSR count). The fourth-order valence-electron chi connectivity index (χ4n) is 1.64. The van der Waals surface area contributed by atoms with Gasteiger partial charge in [-0.05, 0) is 44.3 Å². The summed E-state index contributed by atoms with van der Waals surface area (Å²) in [5.41, 5.74) is 2.81. The summed E-state index contributed by atoms with van der Waals surface area (Å²) < 4.78 is 0. The van der Waals surface area contributed by atoms with Gasteiger partial charge in [-0.3, -0.25) is 0 Å². The van der Waals surface area contributed by atoms with Crippen LogP contribution in [0.15, 0.2) is 59.8 Å². The maximum atomic E-state index is 2.34. The first kappa shape index (κ1) is 15.7. The highest BCUT2D eigenvalue weighted by molar-refractivity contribution is 5.34. The molecule has 0 aromatic rings. The lowest BCUT2D eigenvalue weighted by molar-refractivity contribution is 0.995. The Morgan fingerprint density at radius 3 is 2.47 bits per heavy atom. The zero-order valence-electron chi connectivity index (χ0n) is 11.7. The van der Waals surface area contributed by atoms with E-state index in [1.165, 1.54) is 24.0 Å². The minimum atomic E-state index is 1.05. The van der Waals surface area contributed by atoms with Crippen molar-refractivity contribution in [2.45, 2.75) is 47.0 Å². The summed E-state index contributed by atoms with van der Waals surface area (Å²) >= 11 is 0. The van der Waals surface area contributed by atoms with Gasteiger partial charge in [-0.25, -0.2) is 0 Å². The Labute approximate surface area is 107 Å². The Morgan fingerprint density at radius 1 is 1.18 bits per heavy atom. The molecule has 0 aliphatic heterocycles. The van der Waals surface area contributed by atoms with Crippen molar-refractivity contribution in [3.63, 3.8) is 0 Å². The third-order valence-corrected chi connectivity index (χ3v) is 2.36. The SMILES string of the molecule is CC.C\C=C/C=C(\C=C/C)CC1=CCCC=C1. The van der Waals surface area contributed by atoms with Crippen LogP contribution in [-0.2, 0) is 0 Å². The summed E-state index contributed by atoms with van der Waals surface area (Å²) in [6.45, 7) is 8.11. The van der Waals surface area contributed by atoms with Crippen LogP contribution < -0.4 is 0 Å². The molecule has 0 nitrogen and oxygen atoms in total. The fourth-order valence-corrected chi connectivity index (χ4v) is 1.64. The summed E-state index contributed by atoms with van der Waals surface area (Å²) in [5, 5.41) is 0. The average molecular weight is 230 g/mol. The quantitative estimate of drug-likeness (QED) is 0.539. The monoisotopic (exact) mass is 230 g/mol. The Morgan fingerprint density at radius 2 is 1.94 bits per heavy atom. The summed E-state index contributed by atoms with van der Waals surface area (Å²) in [4.78, 5) is 0. The smallest absolute Gasteiger partial charge is 0.00292 e.